The largest absolute Gasteiger partial charge is 0.512 e. The fourth-order valence-electron chi connectivity index (χ4n) is 2.01. The first-order valence-electron chi connectivity index (χ1n) is 9.30. The van der Waals surface area contributed by atoms with E-state index in [1.54, 1.807) is 0 Å². The minimum Gasteiger partial charge on any atom is -0.512 e. The number of alkyl halides is 3. The van der Waals surface area contributed by atoms with Crippen molar-refractivity contribution in [2.45, 2.75) is 47.7 Å². The number of allylic oxidation sites excluding steroid dienone is 2. The molecule has 1 aromatic heterocycles. The molecule has 2 rings (SSSR count). The summed E-state index contributed by atoms with van der Waals surface area (Å²) in [5.41, 5.74) is -3.24. The molecule has 0 amide bonds. The van der Waals surface area contributed by atoms with Gasteiger partial charge in [-0.25, -0.2) is 0 Å². The molecule has 0 aliphatic rings. The van der Waals surface area contributed by atoms with Crippen molar-refractivity contribution in [3.8, 4) is 11.3 Å². The molecular formula is C23H25F5NO2Pt-. The molecule has 0 fully saturated rings. The van der Waals surface area contributed by atoms with Crippen molar-refractivity contribution in [1.29, 1.82) is 0 Å². The Balaban J connectivity index is 0.000000617. The van der Waals surface area contributed by atoms with Crippen molar-refractivity contribution >= 4 is 5.78 Å². The third kappa shape index (κ3) is 8.45. The molecule has 0 atom stereocenters. The second-order valence-corrected chi connectivity index (χ2v) is 8.81. The molecule has 0 radical (unpaired) electrons. The number of rotatable bonds is 2. The molecule has 3 nitrogen and oxygen atoms in total. The number of hydrogen-bond acceptors (Lipinski definition) is 3. The summed E-state index contributed by atoms with van der Waals surface area (Å²) in [5.74, 6) is -3.30. The van der Waals surface area contributed by atoms with Gasteiger partial charge in [0.25, 0.3) is 0 Å². The maximum atomic E-state index is 13.7. The zero-order valence-electron chi connectivity index (χ0n) is 18.5. The van der Waals surface area contributed by atoms with E-state index in [0.717, 1.165) is 0 Å². The van der Waals surface area contributed by atoms with Crippen LogP contribution in [-0.4, -0.2) is 15.9 Å². The third-order valence-corrected chi connectivity index (χ3v) is 4.00. The number of nitrogens with zero attached hydrogens (tertiary/aromatic N) is 1. The fourth-order valence-corrected chi connectivity index (χ4v) is 2.01. The Morgan fingerprint density at radius 3 is 2.00 bits per heavy atom. The van der Waals surface area contributed by atoms with Crippen molar-refractivity contribution in [3.05, 3.63) is 65.6 Å². The summed E-state index contributed by atoms with van der Waals surface area (Å²) in [5, 5.41) is 9.56. The van der Waals surface area contributed by atoms with Crippen LogP contribution >= 0.6 is 0 Å². The number of aliphatic hydroxyl groups is 1. The van der Waals surface area contributed by atoms with Gasteiger partial charge < -0.3 is 10.1 Å². The molecule has 180 valence electrons. The number of halogens is 5. The van der Waals surface area contributed by atoms with Gasteiger partial charge in [-0.3, -0.25) is 13.6 Å². The van der Waals surface area contributed by atoms with Crippen LogP contribution in [0.1, 0.15) is 47.1 Å². The Kier molecular flexibility index (Phi) is 10.4. The molecule has 1 heterocycles. The third-order valence-electron chi connectivity index (χ3n) is 4.00. The molecule has 0 saturated carbocycles. The zero-order chi connectivity index (χ0) is 24.2. The van der Waals surface area contributed by atoms with Gasteiger partial charge >= 0.3 is 6.18 Å². The van der Waals surface area contributed by atoms with Crippen LogP contribution in [0.15, 0.2) is 42.3 Å². The SMILES string of the molecule is CC(C)(C)C(=O)C=C(O)C(C)(C)C.Fc1c[c-]c(-c2ccccn2)c(F)c1C(F)(F)F.[Pt]. The molecule has 2 aromatic rings. The first kappa shape index (κ1) is 29.9. The van der Waals surface area contributed by atoms with Crippen molar-refractivity contribution in [2.24, 2.45) is 10.8 Å². The van der Waals surface area contributed by atoms with Crippen LogP contribution in [-0.2, 0) is 32.0 Å². The molecule has 32 heavy (non-hydrogen) atoms. The molecule has 0 bridgehead atoms. The van der Waals surface area contributed by atoms with E-state index in [4.69, 9.17) is 0 Å². The second-order valence-electron chi connectivity index (χ2n) is 8.81. The number of aromatic nitrogens is 1. The molecule has 0 spiro atoms. The number of carbonyl (C=O) groups is 1. The van der Waals surface area contributed by atoms with Gasteiger partial charge in [-0.15, -0.1) is 12.1 Å². The van der Waals surface area contributed by atoms with E-state index in [1.165, 1.54) is 30.5 Å². The van der Waals surface area contributed by atoms with Crippen LogP contribution in [0.3, 0.4) is 0 Å². The predicted molar refractivity (Wildman–Crippen MR) is 108 cm³/mol. The second kappa shape index (κ2) is 11.2. The van der Waals surface area contributed by atoms with Gasteiger partial charge in [0.1, 0.15) is 5.76 Å². The molecule has 0 unspecified atom stereocenters. The van der Waals surface area contributed by atoms with Gasteiger partial charge in [-0.1, -0.05) is 59.2 Å². The van der Waals surface area contributed by atoms with Crippen LogP contribution in [0, 0.1) is 28.5 Å². The Morgan fingerprint density at radius 1 is 1.03 bits per heavy atom. The predicted octanol–water partition coefficient (Wildman–Crippen LogP) is 6.93. The van der Waals surface area contributed by atoms with Crippen LogP contribution in [0.2, 0.25) is 0 Å². The maximum absolute atomic E-state index is 13.7. The van der Waals surface area contributed by atoms with Crippen molar-refractivity contribution in [1.82, 2.24) is 4.98 Å². The monoisotopic (exact) mass is 637 g/mol. The fraction of sp³-hybridized carbons (Fsp3) is 0.391. The van der Waals surface area contributed by atoms with Crippen molar-refractivity contribution in [2.75, 3.05) is 0 Å². The van der Waals surface area contributed by atoms with Gasteiger partial charge in [0.2, 0.25) is 0 Å². The summed E-state index contributed by atoms with van der Waals surface area (Å²) in [6.45, 7) is 11.1. The number of benzene rings is 1. The number of carbonyl (C=O) groups excluding carboxylic acids is 1. The Labute approximate surface area is 199 Å². The van der Waals surface area contributed by atoms with Gasteiger partial charge in [-0.05, 0) is 11.8 Å². The van der Waals surface area contributed by atoms with Gasteiger partial charge in [0.15, 0.2) is 5.78 Å². The van der Waals surface area contributed by atoms with E-state index in [0.29, 0.717) is 6.07 Å². The summed E-state index contributed by atoms with van der Waals surface area (Å²) in [6.07, 6.45) is -2.48. The summed E-state index contributed by atoms with van der Waals surface area (Å²) >= 11 is 0. The average Bonchev–Trinajstić information content (AvgIpc) is 2.60. The average molecular weight is 638 g/mol. The van der Waals surface area contributed by atoms with Crippen LogP contribution in [0.5, 0.6) is 0 Å². The first-order chi connectivity index (χ1) is 14.0. The number of aliphatic hydroxyl groups excluding tert-OH is 1. The van der Waals surface area contributed by atoms with Crippen molar-refractivity contribution in [3.63, 3.8) is 0 Å². The number of hydrogen-bond donors (Lipinski definition) is 1. The topological polar surface area (TPSA) is 50.2 Å². The normalized spacial score (nSPS) is 12.4. The van der Waals surface area contributed by atoms with Crippen molar-refractivity contribution < 1.29 is 52.9 Å². The van der Waals surface area contributed by atoms with E-state index < -0.39 is 34.4 Å². The van der Waals surface area contributed by atoms with Crippen LogP contribution < -0.4 is 0 Å². The molecular weight excluding hydrogens is 612 g/mol. The zero-order valence-corrected chi connectivity index (χ0v) is 20.7. The summed E-state index contributed by atoms with van der Waals surface area (Å²) < 4.78 is 64.2. The Morgan fingerprint density at radius 2 is 1.59 bits per heavy atom. The minimum atomic E-state index is -5.10. The Bertz CT molecular complexity index is 944. The summed E-state index contributed by atoms with van der Waals surface area (Å²) in [6, 6.07) is 6.89. The molecule has 1 N–H and O–H groups in total. The molecule has 9 heteroatoms. The van der Waals surface area contributed by atoms with E-state index >= 15 is 0 Å². The van der Waals surface area contributed by atoms with Crippen LogP contribution in [0.4, 0.5) is 22.0 Å². The summed E-state index contributed by atoms with van der Waals surface area (Å²) in [7, 11) is 0. The van der Waals surface area contributed by atoms with E-state index in [-0.39, 0.29) is 43.7 Å². The Hall–Kier alpha value is -2.08. The van der Waals surface area contributed by atoms with E-state index in [9.17, 15) is 31.9 Å². The van der Waals surface area contributed by atoms with Gasteiger partial charge in [0, 0.05) is 49.7 Å². The van der Waals surface area contributed by atoms with Crippen LogP contribution in [0.25, 0.3) is 11.3 Å². The molecule has 1 aromatic carbocycles. The van der Waals surface area contributed by atoms with E-state index in [1.807, 2.05) is 41.5 Å². The molecule has 0 aliphatic carbocycles. The van der Waals surface area contributed by atoms with E-state index in [2.05, 4.69) is 11.1 Å². The number of pyridine rings is 1. The molecule has 0 aliphatic heterocycles. The smallest absolute Gasteiger partial charge is 0.405 e. The van der Waals surface area contributed by atoms with Gasteiger partial charge in [0.05, 0.1) is 11.6 Å². The quantitative estimate of drug-likeness (QED) is 0.168. The molecule has 0 saturated heterocycles. The number of ketones is 1. The maximum Gasteiger partial charge on any atom is 0.405 e. The minimum absolute atomic E-state index is 0. The first-order valence-corrected chi connectivity index (χ1v) is 9.30. The van der Waals surface area contributed by atoms with Gasteiger partial charge in [-0.2, -0.15) is 13.2 Å². The summed E-state index contributed by atoms with van der Waals surface area (Å²) in [4.78, 5) is 15.2. The standard InChI is InChI=1S/C12H5F5N.C11H20O2.Pt/c13-8-5-4-7(9-3-1-2-6-18-9)11(14)10(8)12(15,16)17;1-10(2,3)8(12)7-9(13)11(4,5)6;/h1-3,5-6H;7,12H,1-6H3;/q-1;;.